The van der Waals surface area contributed by atoms with Crippen molar-refractivity contribution in [3.8, 4) is 0 Å². The van der Waals surface area contributed by atoms with Crippen LogP contribution in [-0.4, -0.2) is 7.85 Å². The molecule has 0 N–H and O–H groups in total. The van der Waals surface area contributed by atoms with Gasteiger partial charge in [-0.2, -0.15) is 0 Å². The summed E-state index contributed by atoms with van der Waals surface area (Å²) in [6.07, 6.45) is 1.90. The second-order valence-corrected chi connectivity index (χ2v) is 3.00. The molecule has 56 valence electrons. The normalized spacial score (nSPS) is 9.64. The predicted molar refractivity (Wildman–Crippen MR) is 54.2 cm³/mol. The first-order chi connectivity index (χ1) is 5.15. The molecule has 0 nitrogen and oxygen atoms in total. The summed E-state index contributed by atoms with van der Waals surface area (Å²) in [6.45, 7) is 8.01. The zero-order chi connectivity index (χ0) is 8.43. The molecule has 0 aliphatic rings. The first kappa shape index (κ1) is 8.12. The van der Waals surface area contributed by atoms with Crippen molar-refractivity contribution in [3.63, 3.8) is 0 Å². The summed E-state index contributed by atoms with van der Waals surface area (Å²) in [7, 11) is 2.13. The molecule has 1 aromatic rings. The van der Waals surface area contributed by atoms with Crippen molar-refractivity contribution in [1.29, 1.82) is 0 Å². The highest BCUT2D eigenvalue weighted by molar-refractivity contribution is 6.33. The van der Waals surface area contributed by atoms with E-state index in [2.05, 4.69) is 40.4 Å². The third-order valence-electron chi connectivity index (χ3n) is 2.10. The van der Waals surface area contributed by atoms with Gasteiger partial charge in [-0.15, -0.1) is 0 Å². The van der Waals surface area contributed by atoms with Crippen molar-refractivity contribution in [1.82, 2.24) is 0 Å². The fourth-order valence-corrected chi connectivity index (χ4v) is 1.20. The van der Waals surface area contributed by atoms with Gasteiger partial charge < -0.3 is 0 Å². The number of hydrogen-bond donors (Lipinski definition) is 0. The molecule has 0 bridgehead atoms. The molecule has 0 saturated carbocycles. The van der Waals surface area contributed by atoms with Gasteiger partial charge in [0, 0.05) is 0 Å². The highest BCUT2D eigenvalue weighted by atomic mass is 14.0. The summed E-state index contributed by atoms with van der Waals surface area (Å²) >= 11 is 0. The largest absolute Gasteiger partial charge is 0.139 e. The van der Waals surface area contributed by atoms with Crippen LogP contribution >= 0.6 is 0 Å². The van der Waals surface area contributed by atoms with E-state index < -0.39 is 0 Å². The van der Waals surface area contributed by atoms with Crippen molar-refractivity contribution in [3.05, 3.63) is 35.4 Å². The second-order valence-electron chi connectivity index (χ2n) is 3.00. The van der Waals surface area contributed by atoms with E-state index in [1.807, 2.05) is 6.08 Å². The highest BCUT2D eigenvalue weighted by Crippen LogP contribution is 2.08. The molecule has 0 atom stereocenters. The topological polar surface area (TPSA) is 0 Å². The molecule has 0 aliphatic heterocycles. The summed E-state index contributed by atoms with van der Waals surface area (Å²) in [6, 6.07) is 4.38. The minimum absolute atomic E-state index is 1.24. The van der Waals surface area contributed by atoms with Gasteiger partial charge >= 0.3 is 0 Å². The number of rotatable bonds is 1. The van der Waals surface area contributed by atoms with Gasteiger partial charge in [0.25, 0.3) is 0 Å². The molecule has 0 fully saturated rings. The lowest BCUT2D eigenvalue weighted by atomic mass is 9.88. The zero-order valence-corrected chi connectivity index (χ0v) is 7.44. The molecule has 0 unspecified atom stereocenters. The average molecular weight is 144 g/mol. The Hall–Kier alpha value is -0.975. The molecule has 1 aromatic carbocycles. The fraction of sp³-hybridized carbons (Fsp3) is 0.200. The standard InChI is InChI=1S/C10H13B/c1-4-9-6-10(11)8(3)5-7(9)2/h4-6H,1,11H2,2-3H3. The van der Waals surface area contributed by atoms with Crippen LogP contribution in [0.3, 0.4) is 0 Å². The maximum absolute atomic E-state index is 3.76. The molecule has 0 aliphatic carbocycles. The lowest BCUT2D eigenvalue weighted by Gasteiger charge is -2.05. The van der Waals surface area contributed by atoms with Gasteiger partial charge in [0.05, 0.1) is 0 Å². The van der Waals surface area contributed by atoms with Gasteiger partial charge in [-0.05, 0) is 25.0 Å². The fourth-order valence-electron chi connectivity index (χ4n) is 1.20. The third-order valence-corrected chi connectivity index (χ3v) is 2.10. The second kappa shape index (κ2) is 2.95. The number of aryl methyl sites for hydroxylation is 2. The van der Waals surface area contributed by atoms with E-state index in [1.54, 1.807) is 0 Å². The van der Waals surface area contributed by atoms with E-state index in [4.69, 9.17) is 0 Å². The summed E-state index contributed by atoms with van der Waals surface area (Å²) in [5.41, 5.74) is 5.25. The smallest absolute Gasteiger partial charge is 0.0985 e. The molecule has 0 spiro atoms. The van der Waals surface area contributed by atoms with E-state index >= 15 is 0 Å². The minimum atomic E-state index is 1.24. The maximum atomic E-state index is 3.76. The highest BCUT2D eigenvalue weighted by Gasteiger charge is 1.96. The Bertz CT molecular complexity index is 287. The van der Waals surface area contributed by atoms with Gasteiger partial charge in [-0.25, -0.2) is 0 Å². The summed E-state index contributed by atoms with van der Waals surface area (Å²) in [5.74, 6) is 0. The molecular weight excluding hydrogens is 131 g/mol. The third kappa shape index (κ3) is 1.54. The molecule has 1 rings (SSSR count). The van der Waals surface area contributed by atoms with Crippen LogP contribution < -0.4 is 5.46 Å². The molecule has 0 saturated heterocycles. The Morgan fingerprint density at radius 1 is 1.27 bits per heavy atom. The van der Waals surface area contributed by atoms with Crippen LogP contribution in [0.25, 0.3) is 6.08 Å². The Labute approximate surface area is 69.4 Å². The van der Waals surface area contributed by atoms with E-state index in [0.29, 0.717) is 0 Å². The van der Waals surface area contributed by atoms with Crippen molar-refractivity contribution < 1.29 is 0 Å². The first-order valence-corrected chi connectivity index (χ1v) is 3.85. The predicted octanol–water partition coefficient (Wildman–Crippen LogP) is 1.20. The molecule has 0 heterocycles. The van der Waals surface area contributed by atoms with Crippen molar-refractivity contribution in [2.24, 2.45) is 0 Å². The van der Waals surface area contributed by atoms with Crippen molar-refractivity contribution in [2.75, 3.05) is 0 Å². The molecule has 0 aromatic heterocycles. The first-order valence-electron chi connectivity index (χ1n) is 3.85. The molecule has 0 radical (unpaired) electrons. The van der Waals surface area contributed by atoms with Crippen molar-refractivity contribution >= 4 is 19.4 Å². The Morgan fingerprint density at radius 2 is 1.91 bits per heavy atom. The van der Waals surface area contributed by atoms with Gasteiger partial charge in [0.2, 0.25) is 0 Å². The molecule has 1 heteroatoms. The molecule has 11 heavy (non-hydrogen) atoms. The summed E-state index contributed by atoms with van der Waals surface area (Å²) in [5, 5.41) is 0. The Balaban J connectivity index is 3.31. The van der Waals surface area contributed by atoms with Gasteiger partial charge in [-0.1, -0.05) is 35.8 Å². The number of hydrogen-bond acceptors (Lipinski definition) is 0. The van der Waals surface area contributed by atoms with Gasteiger partial charge in [0.15, 0.2) is 0 Å². The summed E-state index contributed by atoms with van der Waals surface area (Å²) in [4.78, 5) is 0. The molecule has 0 amide bonds. The van der Waals surface area contributed by atoms with Gasteiger partial charge in [0.1, 0.15) is 7.85 Å². The average Bonchev–Trinajstić information content (AvgIpc) is 1.97. The van der Waals surface area contributed by atoms with E-state index in [1.165, 1.54) is 22.2 Å². The summed E-state index contributed by atoms with van der Waals surface area (Å²) < 4.78 is 0. The van der Waals surface area contributed by atoms with Crippen LogP contribution in [-0.2, 0) is 0 Å². The SMILES string of the molecule is Bc1cc(C=C)c(C)cc1C. The Kier molecular flexibility index (Phi) is 2.18. The number of benzene rings is 1. The van der Waals surface area contributed by atoms with Crippen LogP contribution in [0.5, 0.6) is 0 Å². The van der Waals surface area contributed by atoms with E-state index in [-0.39, 0.29) is 0 Å². The van der Waals surface area contributed by atoms with Crippen LogP contribution in [0.4, 0.5) is 0 Å². The Morgan fingerprint density at radius 3 is 2.45 bits per heavy atom. The quantitative estimate of drug-likeness (QED) is 0.519. The van der Waals surface area contributed by atoms with Gasteiger partial charge in [-0.3, -0.25) is 0 Å². The van der Waals surface area contributed by atoms with E-state index in [9.17, 15) is 0 Å². The van der Waals surface area contributed by atoms with E-state index in [0.717, 1.165) is 0 Å². The van der Waals surface area contributed by atoms with Crippen LogP contribution in [0.2, 0.25) is 0 Å². The zero-order valence-electron chi connectivity index (χ0n) is 7.44. The van der Waals surface area contributed by atoms with Crippen molar-refractivity contribution in [2.45, 2.75) is 13.8 Å². The van der Waals surface area contributed by atoms with Crippen LogP contribution in [0.15, 0.2) is 18.7 Å². The monoisotopic (exact) mass is 144 g/mol. The lowest BCUT2D eigenvalue weighted by molar-refractivity contribution is 1.39. The maximum Gasteiger partial charge on any atom is 0.139 e. The lowest BCUT2D eigenvalue weighted by Crippen LogP contribution is -2.08. The van der Waals surface area contributed by atoms with Crippen LogP contribution in [0, 0.1) is 13.8 Å². The minimum Gasteiger partial charge on any atom is -0.0985 e. The molecular formula is C10H13B. The van der Waals surface area contributed by atoms with Crippen LogP contribution in [0.1, 0.15) is 16.7 Å².